The maximum absolute atomic E-state index is 5.43. The van der Waals surface area contributed by atoms with Crippen molar-refractivity contribution in [2.75, 3.05) is 6.79 Å². The SMILES string of the molecule is Cc1ccc(CC(C)NCc2cc3c(cc2Br)OCO3)s1. The molecule has 0 aliphatic carbocycles. The third-order valence-electron chi connectivity index (χ3n) is 3.49. The molecule has 0 amide bonds. The summed E-state index contributed by atoms with van der Waals surface area (Å²) in [4.78, 5) is 2.80. The van der Waals surface area contributed by atoms with E-state index in [9.17, 15) is 0 Å². The van der Waals surface area contributed by atoms with E-state index < -0.39 is 0 Å². The normalized spacial score (nSPS) is 14.4. The summed E-state index contributed by atoms with van der Waals surface area (Å²) < 4.78 is 11.9. The van der Waals surface area contributed by atoms with Crippen LogP contribution in [-0.2, 0) is 13.0 Å². The molecule has 1 aliphatic rings. The highest BCUT2D eigenvalue weighted by Gasteiger charge is 2.16. The van der Waals surface area contributed by atoms with Crippen LogP contribution in [0.25, 0.3) is 0 Å². The molecule has 2 heterocycles. The monoisotopic (exact) mass is 367 g/mol. The molecule has 0 bridgehead atoms. The molecule has 1 aromatic carbocycles. The number of hydrogen-bond acceptors (Lipinski definition) is 4. The van der Waals surface area contributed by atoms with Crippen LogP contribution in [0.5, 0.6) is 11.5 Å². The summed E-state index contributed by atoms with van der Waals surface area (Å²) in [5, 5.41) is 3.57. The van der Waals surface area contributed by atoms with Crippen LogP contribution in [0.15, 0.2) is 28.7 Å². The summed E-state index contributed by atoms with van der Waals surface area (Å²) >= 11 is 5.47. The third-order valence-corrected chi connectivity index (χ3v) is 5.25. The minimum absolute atomic E-state index is 0.312. The fourth-order valence-corrected chi connectivity index (χ4v) is 3.83. The number of halogens is 1. The Morgan fingerprint density at radius 3 is 2.76 bits per heavy atom. The van der Waals surface area contributed by atoms with Gasteiger partial charge in [0.1, 0.15) is 0 Å². The van der Waals surface area contributed by atoms with Crippen molar-refractivity contribution >= 4 is 27.3 Å². The first kappa shape index (κ1) is 14.9. The molecule has 3 rings (SSSR count). The number of ether oxygens (including phenoxy) is 2. The fraction of sp³-hybridized carbons (Fsp3) is 0.375. The Morgan fingerprint density at radius 2 is 2.05 bits per heavy atom. The molecule has 112 valence electrons. The van der Waals surface area contributed by atoms with E-state index in [-0.39, 0.29) is 0 Å². The zero-order chi connectivity index (χ0) is 14.8. The van der Waals surface area contributed by atoms with Gasteiger partial charge in [-0.3, -0.25) is 0 Å². The second kappa shape index (κ2) is 6.38. The van der Waals surface area contributed by atoms with E-state index in [0.717, 1.165) is 28.9 Å². The zero-order valence-electron chi connectivity index (χ0n) is 12.1. The molecule has 2 aromatic rings. The molecule has 5 heteroatoms. The van der Waals surface area contributed by atoms with Crippen LogP contribution in [0, 0.1) is 6.92 Å². The lowest BCUT2D eigenvalue weighted by atomic mass is 10.1. The van der Waals surface area contributed by atoms with Gasteiger partial charge in [0.15, 0.2) is 11.5 Å². The molecule has 1 atom stereocenters. The standard InChI is InChI=1S/C16H18BrNO2S/c1-10(5-13-4-3-11(2)21-13)18-8-12-6-15-16(7-14(12)17)20-9-19-15/h3-4,6-7,10,18H,5,8-9H2,1-2H3. The molecule has 1 unspecified atom stereocenters. The Kier molecular flexibility index (Phi) is 4.52. The summed E-state index contributed by atoms with van der Waals surface area (Å²) in [5.41, 5.74) is 1.19. The van der Waals surface area contributed by atoms with Crippen LogP contribution >= 0.6 is 27.3 Å². The summed E-state index contributed by atoms with van der Waals surface area (Å²) in [6, 6.07) is 8.85. The van der Waals surface area contributed by atoms with Crippen LogP contribution in [0.2, 0.25) is 0 Å². The van der Waals surface area contributed by atoms with Crippen LogP contribution in [0.3, 0.4) is 0 Å². The first-order valence-electron chi connectivity index (χ1n) is 6.98. The summed E-state index contributed by atoms with van der Waals surface area (Å²) in [5.74, 6) is 1.64. The fourth-order valence-electron chi connectivity index (χ4n) is 2.35. The van der Waals surface area contributed by atoms with Crippen molar-refractivity contribution in [2.45, 2.75) is 32.9 Å². The van der Waals surface area contributed by atoms with Crippen LogP contribution < -0.4 is 14.8 Å². The van der Waals surface area contributed by atoms with E-state index in [4.69, 9.17) is 9.47 Å². The quantitative estimate of drug-likeness (QED) is 0.855. The van der Waals surface area contributed by atoms with Gasteiger partial charge in [0.2, 0.25) is 6.79 Å². The molecule has 0 radical (unpaired) electrons. The molecule has 21 heavy (non-hydrogen) atoms. The van der Waals surface area contributed by atoms with E-state index >= 15 is 0 Å². The van der Waals surface area contributed by atoms with Gasteiger partial charge in [0, 0.05) is 26.8 Å². The topological polar surface area (TPSA) is 30.5 Å². The lowest BCUT2D eigenvalue weighted by Crippen LogP contribution is -2.27. The second-order valence-electron chi connectivity index (χ2n) is 5.30. The lowest BCUT2D eigenvalue weighted by molar-refractivity contribution is 0.174. The first-order chi connectivity index (χ1) is 10.1. The highest BCUT2D eigenvalue weighted by Crippen LogP contribution is 2.36. The molecular formula is C16H18BrNO2S. The number of benzene rings is 1. The van der Waals surface area contributed by atoms with Crippen molar-refractivity contribution in [1.82, 2.24) is 5.32 Å². The Morgan fingerprint density at radius 1 is 1.29 bits per heavy atom. The molecule has 0 fully saturated rings. The largest absolute Gasteiger partial charge is 0.454 e. The van der Waals surface area contributed by atoms with Crippen molar-refractivity contribution < 1.29 is 9.47 Å². The number of hydrogen-bond donors (Lipinski definition) is 1. The van der Waals surface area contributed by atoms with Crippen molar-refractivity contribution in [3.05, 3.63) is 44.1 Å². The summed E-state index contributed by atoms with van der Waals surface area (Å²) in [7, 11) is 0. The summed E-state index contributed by atoms with van der Waals surface area (Å²) in [6.45, 7) is 5.49. The molecular weight excluding hydrogens is 350 g/mol. The average molecular weight is 368 g/mol. The van der Waals surface area contributed by atoms with Crippen molar-refractivity contribution in [3.63, 3.8) is 0 Å². The van der Waals surface area contributed by atoms with E-state index in [0.29, 0.717) is 12.8 Å². The Bertz CT molecular complexity index is 641. The maximum atomic E-state index is 5.43. The van der Waals surface area contributed by atoms with Crippen LogP contribution in [-0.4, -0.2) is 12.8 Å². The van der Waals surface area contributed by atoms with Crippen molar-refractivity contribution in [1.29, 1.82) is 0 Å². The number of nitrogens with one attached hydrogen (secondary N) is 1. The number of fused-ring (bicyclic) bond motifs is 1. The van der Waals surface area contributed by atoms with E-state index in [1.807, 2.05) is 23.5 Å². The Balaban J connectivity index is 1.59. The number of thiophene rings is 1. The molecule has 0 saturated carbocycles. The van der Waals surface area contributed by atoms with Gasteiger partial charge >= 0.3 is 0 Å². The Hall–Kier alpha value is -1.04. The van der Waals surface area contributed by atoms with E-state index in [1.165, 1.54) is 15.3 Å². The molecule has 1 N–H and O–H groups in total. The Labute approximate surface area is 137 Å². The smallest absolute Gasteiger partial charge is 0.231 e. The molecule has 3 nitrogen and oxygen atoms in total. The van der Waals surface area contributed by atoms with Gasteiger partial charge in [0.25, 0.3) is 0 Å². The highest BCUT2D eigenvalue weighted by atomic mass is 79.9. The van der Waals surface area contributed by atoms with Gasteiger partial charge in [-0.05, 0) is 50.1 Å². The second-order valence-corrected chi connectivity index (χ2v) is 7.52. The highest BCUT2D eigenvalue weighted by molar-refractivity contribution is 9.10. The van der Waals surface area contributed by atoms with Crippen molar-refractivity contribution in [3.8, 4) is 11.5 Å². The maximum Gasteiger partial charge on any atom is 0.231 e. The van der Waals surface area contributed by atoms with Gasteiger partial charge in [-0.15, -0.1) is 11.3 Å². The van der Waals surface area contributed by atoms with Gasteiger partial charge < -0.3 is 14.8 Å². The minimum atomic E-state index is 0.312. The minimum Gasteiger partial charge on any atom is -0.454 e. The van der Waals surface area contributed by atoms with Crippen LogP contribution in [0.4, 0.5) is 0 Å². The van der Waals surface area contributed by atoms with E-state index in [1.54, 1.807) is 0 Å². The van der Waals surface area contributed by atoms with Gasteiger partial charge in [-0.25, -0.2) is 0 Å². The van der Waals surface area contributed by atoms with Gasteiger partial charge in [0.05, 0.1) is 0 Å². The van der Waals surface area contributed by atoms with Crippen LogP contribution in [0.1, 0.15) is 22.2 Å². The van der Waals surface area contributed by atoms with Gasteiger partial charge in [-0.1, -0.05) is 15.9 Å². The molecule has 0 spiro atoms. The summed E-state index contributed by atoms with van der Waals surface area (Å²) in [6.07, 6.45) is 1.06. The van der Waals surface area contributed by atoms with Crippen molar-refractivity contribution in [2.24, 2.45) is 0 Å². The first-order valence-corrected chi connectivity index (χ1v) is 8.59. The zero-order valence-corrected chi connectivity index (χ0v) is 14.5. The number of aryl methyl sites for hydroxylation is 1. The lowest BCUT2D eigenvalue weighted by Gasteiger charge is -2.14. The number of rotatable bonds is 5. The molecule has 1 aliphatic heterocycles. The predicted octanol–water partition coefficient (Wildman–Crippen LogP) is 4.27. The third kappa shape index (κ3) is 3.59. The predicted molar refractivity (Wildman–Crippen MR) is 89.3 cm³/mol. The van der Waals surface area contributed by atoms with E-state index in [2.05, 4.69) is 47.2 Å². The molecule has 1 aromatic heterocycles. The van der Waals surface area contributed by atoms with Gasteiger partial charge in [-0.2, -0.15) is 0 Å². The average Bonchev–Trinajstić information content (AvgIpc) is 3.04. The molecule has 0 saturated heterocycles.